The number of benzene rings is 1. The van der Waals surface area contributed by atoms with Crippen LogP contribution in [0.3, 0.4) is 0 Å². The van der Waals surface area contributed by atoms with Gasteiger partial charge in [0.1, 0.15) is 11.3 Å². The van der Waals surface area contributed by atoms with E-state index in [0.717, 1.165) is 11.3 Å². The quantitative estimate of drug-likeness (QED) is 0.785. The zero-order valence-corrected chi connectivity index (χ0v) is 7.99. The van der Waals surface area contributed by atoms with Gasteiger partial charge in [-0.05, 0) is 36.6 Å². The topological polar surface area (TPSA) is 39.2 Å². The maximum Gasteiger partial charge on any atom is 0.134 e. The normalized spacial score (nSPS) is 16.4. The first-order valence-corrected chi connectivity index (χ1v) is 5.09. The lowest BCUT2D eigenvalue weighted by molar-refractivity contribution is 0.552. The average Bonchev–Trinajstić information content (AvgIpc) is 2.97. The summed E-state index contributed by atoms with van der Waals surface area (Å²) in [7, 11) is 0. The van der Waals surface area contributed by atoms with Gasteiger partial charge in [-0.15, -0.1) is 0 Å². The summed E-state index contributed by atoms with van der Waals surface area (Å²) in [4.78, 5) is 0. The van der Waals surface area contributed by atoms with Crippen molar-refractivity contribution in [2.24, 2.45) is 5.73 Å². The zero-order valence-electron chi connectivity index (χ0n) is 7.99. The number of furan rings is 1. The van der Waals surface area contributed by atoms with Gasteiger partial charge in [-0.1, -0.05) is 6.07 Å². The predicted octanol–water partition coefficient (Wildman–Crippen LogP) is 2.77. The molecule has 1 aromatic carbocycles. The van der Waals surface area contributed by atoms with Crippen LogP contribution in [0.1, 0.15) is 30.1 Å². The van der Waals surface area contributed by atoms with Gasteiger partial charge in [0.05, 0.1) is 0 Å². The molecule has 1 aliphatic rings. The molecule has 1 saturated carbocycles. The van der Waals surface area contributed by atoms with Gasteiger partial charge in [0.25, 0.3) is 0 Å². The third-order valence-corrected chi connectivity index (χ3v) is 2.82. The molecule has 0 aliphatic heterocycles. The van der Waals surface area contributed by atoms with Crippen LogP contribution in [0, 0.1) is 0 Å². The summed E-state index contributed by atoms with van der Waals surface area (Å²) >= 11 is 0. The second kappa shape index (κ2) is 2.85. The molecule has 2 aromatic rings. The van der Waals surface area contributed by atoms with Crippen LogP contribution in [0.15, 0.2) is 28.7 Å². The minimum atomic E-state index is 0.597. The molecule has 1 fully saturated rings. The van der Waals surface area contributed by atoms with E-state index >= 15 is 0 Å². The molecule has 0 spiro atoms. The summed E-state index contributed by atoms with van der Waals surface area (Å²) in [6, 6.07) is 8.32. The summed E-state index contributed by atoms with van der Waals surface area (Å²) in [5, 5.41) is 1.19. The van der Waals surface area contributed by atoms with E-state index in [4.69, 9.17) is 10.2 Å². The van der Waals surface area contributed by atoms with Gasteiger partial charge in [0, 0.05) is 17.8 Å². The molecule has 72 valence electrons. The Labute approximate surface area is 82.7 Å². The van der Waals surface area contributed by atoms with Crippen LogP contribution in [0.25, 0.3) is 11.0 Å². The Kier molecular flexibility index (Phi) is 1.64. The summed E-state index contributed by atoms with van der Waals surface area (Å²) in [5.74, 6) is 1.83. The van der Waals surface area contributed by atoms with Crippen LogP contribution in [0.5, 0.6) is 0 Å². The van der Waals surface area contributed by atoms with E-state index in [2.05, 4.69) is 12.1 Å². The van der Waals surface area contributed by atoms with Crippen molar-refractivity contribution >= 4 is 11.0 Å². The third-order valence-electron chi connectivity index (χ3n) is 2.82. The van der Waals surface area contributed by atoms with Gasteiger partial charge in [-0.3, -0.25) is 0 Å². The lowest BCUT2D eigenvalue weighted by Gasteiger charge is -1.93. The molecule has 14 heavy (non-hydrogen) atoms. The monoisotopic (exact) mass is 187 g/mol. The Morgan fingerprint density at radius 2 is 2.14 bits per heavy atom. The Hall–Kier alpha value is -1.28. The molecule has 2 N–H and O–H groups in total. The second-order valence-electron chi connectivity index (χ2n) is 4.00. The van der Waals surface area contributed by atoms with Gasteiger partial charge in [-0.25, -0.2) is 0 Å². The maximum atomic E-state index is 5.75. The van der Waals surface area contributed by atoms with E-state index in [1.165, 1.54) is 23.8 Å². The first-order chi connectivity index (χ1) is 6.86. The summed E-state index contributed by atoms with van der Waals surface area (Å²) in [5.41, 5.74) is 7.75. The Morgan fingerprint density at radius 1 is 1.29 bits per heavy atom. The van der Waals surface area contributed by atoms with E-state index in [1.807, 2.05) is 12.1 Å². The first-order valence-electron chi connectivity index (χ1n) is 5.09. The second-order valence-corrected chi connectivity index (χ2v) is 4.00. The Balaban J connectivity index is 2.12. The predicted molar refractivity (Wildman–Crippen MR) is 56.1 cm³/mol. The lowest BCUT2D eigenvalue weighted by Crippen LogP contribution is -1.94. The number of rotatable bonds is 2. The van der Waals surface area contributed by atoms with Crippen molar-refractivity contribution < 1.29 is 4.42 Å². The first kappa shape index (κ1) is 8.06. The number of fused-ring (bicyclic) bond motifs is 1. The van der Waals surface area contributed by atoms with E-state index in [-0.39, 0.29) is 0 Å². The maximum absolute atomic E-state index is 5.75. The number of hydrogen-bond acceptors (Lipinski definition) is 2. The van der Waals surface area contributed by atoms with Gasteiger partial charge >= 0.3 is 0 Å². The van der Waals surface area contributed by atoms with Crippen LogP contribution in [0.4, 0.5) is 0 Å². The minimum Gasteiger partial charge on any atom is -0.461 e. The SMILES string of the molecule is NCc1ccc2oc(C3CC3)cc2c1. The minimum absolute atomic E-state index is 0.597. The van der Waals surface area contributed by atoms with Crippen molar-refractivity contribution in [3.05, 3.63) is 35.6 Å². The fourth-order valence-electron chi connectivity index (χ4n) is 1.81. The molecular formula is C12H13NO. The summed E-state index contributed by atoms with van der Waals surface area (Å²) in [6.07, 6.45) is 2.56. The fraction of sp³-hybridized carbons (Fsp3) is 0.333. The fourth-order valence-corrected chi connectivity index (χ4v) is 1.81. The molecule has 1 aliphatic carbocycles. The van der Waals surface area contributed by atoms with Crippen molar-refractivity contribution in [1.29, 1.82) is 0 Å². The largest absolute Gasteiger partial charge is 0.461 e. The van der Waals surface area contributed by atoms with Gasteiger partial charge in [0.2, 0.25) is 0 Å². The molecule has 1 heterocycles. The highest BCUT2D eigenvalue weighted by Crippen LogP contribution is 2.42. The standard InChI is InChI=1S/C12H13NO/c13-7-8-1-4-11-10(5-8)6-12(14-11)9-2-3-9/h1,4-6,9H,2-3,7,13H2. The van der Waals surface area contributed by atoms with Crippen molar-refractivity contribution in [1.82, 2.24) is 0 Å². The molecule has 1 aromatic heterocycles. The van der Waals surface area contributed by atoms with Crippen LogP contribution >= 0.6 is 0 Å². The van der Waals surface area contributed by atoms with Crippen molar-refractivity contribution in [2.75, 3.05) is 0 Å². The van der Waals surface area contributed by atoms with E-state index < -0.39 is 0 Å². The van der Waals surface area contributed by atoms with Gasteiger partial charge in [0.15, 0.2) is 0 Å². The van der Waals surface area contributed by atoms with Crippen LogP contribution in [-0.4, -0.2) is 0 Å². The molecule has 0 amide bonds. The lowest BCUT2D eigenvalue weighted by atomic mass is 10.1. The summed E-state index contributed by atoms with van der Waals surface area (Å²) < 4.78 is 5.75. The smallest absolute Gasteiger partial charge is 0.134 e. The highest BCUT2D eigenvalue weighted by atomic mass is 16.3. The number of hydrogen-bond donors (Lipinski definition) is 1. The summed E-state index contributed by atoms with van der Waals surface area (Å²) in [6.45, 7) is 0.597. The average molecular weight is 187 g/mol. The number of nitrogens with two attached hydrogens (primary N) is 1. The molecule has 2 heteroatoms. The van der Waals surface area contributed by atoms with E-state index in [9.17, 15) is 0 Å². The molecule has 3 rings (SSSR count). The molecule has 0 radical (unpaired) electrons. The molecule has 0 unspecified atom stereocenters. The highest BCUT2D eigenvalue weighted by Gasteiger charge is 2.27. The van der Waals surface area contributed by atoms with Crippen molar-refractivity contribution in [3.63, 3.8) is 0 Å². The van der Waals surface area contributed by atoms with Crippen LogP contribution in [0.2, 0.25) is 0 Å². The third kappa shape index (κ3) is 1.23. The highest BCUT2D eigenvalue weighted by molar-refractivity contribution is 5.79. The Morgan fingerprint density at radius 3 is 2.86 bits per heavy atom. The van der Waals surface area contributed by atoms with E-state index in [0.29, 0.717) is 12.5 Å². The molecule has 2 nitrogen and oxygen atoms in total. The zero-order chi connectivity index (χ0) is 9.54. The van der Waals surface area contributed by atoms with Crippen molar-refractivity contribution in [3.8, 4) is 0 Å². The van der Waals surface area contributed by atoms with Crippen LogP contribution < -0.4 is 5.73 Å². The molecule has 0 saturated heterocycles. The Bertz CT molecular complexity index is 468. The van der Waals surface area contributed by atoms with Gasteiger partial charge < -0.3 is 10.2 Å². The molecule has 0 atom stereocenters. The van der Waals surface area contributed by atoms with E-state index in [1.54, 1.807) is 0 Å². The molecule has 0 bridgehead atoms. The van der Waals surface area contributed by atoms with Gasteiger partial charge in [-0.2, -0.15) is 0 Å². The van der Waals surface area contributed by atoms with Crippen molar-refractivity contribution in [2.45, 2.75) is 25.3 Å². The molecular weight excluding hydrogens is 174 g/mol. The van der Waals surface area contributed by atoms with Crippen LogP contribution in [-0.2, 0) is 6.54 Å².